The number of benzene rings is 1. The van der Waals surface area contributed by atoms with Crippen LogP contribution in [0.4, 0.5) is 4.39 Å². The highest BCUT2D eigenvalue weighted by Crippen LogP contribution is 2.25. The van der Waals surface area contributed by atoms with E-state index in [4.69, 9.17) is 4.74 Å². The van der Waals surface area contributed by atoms with Gasteiger partial charge in [-0.05, 0) is 18.2 Å². The van der Waals surface area contributed by atoms with Gasteiger partial charge in [-0.1, -0.05) is 6.07 Å². The molecular formula is C13H10FNO2. The second-order valence-electron chi connectivity index (χ2n) is 3.44. The molecule has 0 aliphatic rings. The third kappa shape index (κ3) is 2.30. The summed E-state index contributed by atoms with van der Waals surface area (Å²) >= 11 is 0. The average molecular weight is 231 g/mol. The summed E-state index contributed by atoms with van der Waals surface area (Å²) in [6, 6.07) is 7.80. The summed E-state index contributed by atoms with van der Waals surface area (Å²) in [5.74, 6) is 0.0775. The number of carbonyl (C=O) groups is 1. The van der Waals surface area contributed by atoms with Crippen molar-refractivity contribution in [1.82, 2.24) is 4.98 Å². The van der Waals surface area contributed by atoms with Crippen LogP contribution in [0, 0.1) is 5.82 Å². The van der Waals surface area contributed by atoms with Gasteiger partial charge in [0.2, 0.25) is 0 Å². The molecule has 17 heavy (non-hydrogen) atoms. The zero-order valence-electron chi connectivity index (χ0n) is 9.18. The summed E-state index contributed by atoms with van der Waals surface area (Å²) < 4.78 is 18.6. The predicted octanol–water partition coefficient (Wildman–Crippen LogP) is 2.71. The van der Waals surface area contributed by atoms with E-state index in [1.807, 2.05) is 0 Å². The number of methoxy groups -OCH3 is 1. The van der Waals surface area contributed by atoms with Gasteiger partial charge in [-0.25, -0.2) is 4.39 Å². The fraction of sp³-hybridized carbons (Fsp3) is 0.0769. The number of aromatic nitrogens is 1. The van der Waals surface area contributed by atoms with Gasteiger partial charge in [-0.15, -0.1) is 0 Å². The van der Waals surface area contributed by atoms with Crippen molar-refractivity contribution in [3.8, 4) is 16.9 Å². The van der Waals surface area contributed by atoms with Gasteiger partial charge in [0.05, 0.1) is 7.11 Å². The number of rotatable bonds is 3. The second kappa shape index (κ2) is 4.74. The van der Waals surface area contributed by atoms with Gasteiger partial charge in [-0.3, -0.25) is 9.78 Å². The van der Waals surface area contributed by atoms with Crippen molar-refractivity contribution in [3.63, 3.8) is 0 Å². The largest absolute Gasteiger partial charge is 0.497 e. The smallest absolute Gasteiger partial charge is 0.168 e. The Morgan fingerprint density at radius 3 is 2.65 bits per heavy atom. The number of carbonyl (C=O) groups excluding carboxylic acids is 1. The second-order valence-corrected chi connectivity index (χ2v) is 3.44. The number of ether oxygens (including phenoxy) is 1. The summed E-state index contributed by atoms with van der Waals surface area (Å²) in [4.78, 5) is 14.3. The van der Waals surface area contributed by atoms with E-state index in [9.17, 15) is 9.18 Å². The van der Waals surface area contributed by atoms with Crippen LogP contribution in [0.25, 0.3) is 11.1 Å². The molecule has 0 bridgehead atoms. The van der Waals surface area contributed by atoms with Crippen LogP contribution in [0.1, 0.15) is 10.5 Å². The third-order valence-electron chi connectivity index (χ3n) is 2.39. The number of halogens is 1. The van der Waals surface area contributed by atoms with Gasteiger partial charge >= 0.3 is 0 Å². The van der Waals surface area contributed by atoms with E-state index in [-0.39, 0.29) is 5.82 Å². The highest BCUT2D eigenvalue weighted by atomic mass is 19.1. The average Bonchev–Trinajstić information content (AvgIpc) is 2.39. The number of hydrogen-bond acceptors (Lipinski definition) is 3. The number of nitrogens with zero attached hydrogens (tertiary/aromatic N) is 1. The van der Waals surface area contributed by atoms with Crippen LogP contribution in [-0.2, 0) is 0 Å². The lowest BCUT2D eigenvalue weighted by Gasteiger charge is -2.05. The SMILES string of the molecule is COc1ccc(-c2ccc(C=O)nc2)c(F)c1. The van der Waals surface area contributed by atoms with Crippen molar-refractivity contribution in [2.45, 2.75) is 0 Å². The molecule has 2 aromatic rings. The first-order valence-corrected chi connectivity index (χ1v) is 4.99. The summed E-state index contributed by atoms with van der Waals surface area (Å²) in [7, 11) is 1.48. The van der Waals surface area contributed by atoms with Crippen LogP contribution < -0.4 is 4.74 Å². The summed E-state index contributed by atoms with van der Waals surface area (Å²) in [6.45, 7) is 0. The standard InChI is InChI=1S/C13H10FNO2/c1-17-11-4-5-12(13(14)6-11)9-2-3-10(8-16)15-7-9/h2-8H,1H3. The molecule has 0 radical (unpaired) electrons. The van der Waals surface area contributed by atoms with Crippen LogP contribution in [-0.4, -0.2) is 18.4 Å². The molecule has 0 aliphatic carbocycles. The molecule has 0 saturated heterocycles. The number of aldehydes is 1. The molecule has 0 amide bonds. The molecule has 0 fully saturated rings. The maximum Gasteiger partial charge on any atom is 0.168 e. The normalized spacial score (nSPS) is 10.0. The van der Waals surface area contributed by atoms with Crippen LogP contribution in [0.15, 0.2) is 36.5 Å². The molecule has 4 heteroatoms. The molecule has 1 aromatic heterocycles. The quantitative estimate of drug-likeness (QED) is 0.762. The Bertz CT molecular complexity index is 538. The highest BCUT2D eigenvalue weighted by molar-refractivity contribution is 5.73. The van der Waals surface area contributed by atoms with E-state index in [1.54, 1.807) is 24.3 Å². The van der Waals surface area contributed by atoms with Gasteiger partial charge in [0.1, 0.15) is 17.3 Å². The van der Waals surface area contributed by atoms with Crippen molar-refractivity contribution < 1.29 is 13.9 Å². The minimum Gasteiger partial charge on any atom is -0.497 e. The minimum atomic E-state index is -0.384. The predicted molar refractivity (Wildman–Crippen MR) is 61.6 cm³/mol. The lowest BCUT2D eigenvalue weighted by molar-refractivity contribution is 0.111. The van der Waals surface area contributed by atoms with E-state index < -0.39 is 0 Å². The third-order valence-corrected chi connectivity index (χ3v) is 2.39. The first kappa shape index (κ1) is 11.3. The lowest BCUT2D eigenvalue weighted by Crippen LogP contribution is -1.90. The van der Waals surface area contributed by atoms with Gasteiger partial charge < -0.3 is 4.74 Å². The molecule has 1 heterocycles. The van der Waals surface area contributed by atoms with Gasteiger partial charge in [0.25, 0.3) is 0 Å². The number of hydrogen-bond donors (Lipinski definition) is 0. The molecule has 86 valence electrons. The van der Waals surface area contributed by atoms with Crippen LogP contribution in [0.5, 0.6) is 5.75 Å². The van der Waals surface area contributed by atoms with E-state index in [2.05, 4.69) is 4.98 Å². The summed E-state index contributed by atoms with van der Waals surface area (Å²) in [5.41, 5.74) is 1.37. The maximum atomic E-state index is 13.7. The van der Waals surface area contributed by atoms with Gasteiger partial charge in [-0.2, -0.15) is 0 Å². The van der Waals surface area contributed by atoms with Gasteiger partial charge in [0, 0.05) is 23.4 Å². The Balaban J connectivity index is 2.41. The Hall–Kier alpha value is -2.23. The fourth-order valence-electron chi connectivity index (χ4n) is 1.49. The van der Waals surface area contributed by atoms with Crippen molar-refractivity contribution in [1.29, 1.82) is 0 Å². The van der Waals surface area contributed by atoms with E-state index in [1.165, 1.54) is 19.4 Å². The maximum absolute atomic E-state index is 13.7. The molecule has 0 saturated carbocycles. The van der Waals surface area contributed by atoms with E-state index in [0.717, 1.165) is 0 Å². The molecule has 0 atom stereocenters. The van der Waals surface area contributed by atoms with Crippen molar-refractivity contribution in [2.75, 3.05) is 7.11 Å². The molecule has 0 unspecified atom stereocenters. The summed E-state index contributed by atoms with van der Waals surface area (Å²) in [6.07, 6.45) is 2.11. The molecular weight excluding hydrogens is 221 g/mol. The summed E-state index contributed by atoms with van der Waals surface area (Å²) in [5, 5.41) is 0. The van der Waals surface area contributed by atoms with E-state index >= 15 is 0 Å². The highest BCUT2D eigenvalue weighted by Gasteiger charge is 2.06. The zero-order chi connectivity index (χ0) is 12.3. The first-order valence-electron chi connectivity index (χ1n) is 4.99. The Morgan fingerprint density at radius 1 is 1.29 bits per heavy atom. The zero-order valence-corrected chi connectivity index (χ0v) is 9.18. The molecule has 0 aliphatic heterocycles. The molecule has 0 spiro atoms. The minimum absolute atomic E-state index is 0.322. The molecule has 1 aromatic carbocycles. The molecule has 0 N–H and O–H groups in total. The van der Waals surface area contributed by atoms with E-state index in [0.29, 0.717) is 28.9 Å². The van der Waals surface area contributed by atoms with Crippen molar-refractivity contribution >= 4 is 6.29 Å². The lowest BCUT2D eigenvalue weighted by atomic mass is 10.1. The van der Waals surface area contributed by atoms with Crippen molar-refractivity contribution in [3.05, 3.63) is 48.0 Å². The fourth-order valence-corrected chi connectivity index (χ4v) is 1.49. The Kier molecular flexibility index (Phi) is 3.14. The van der Waals surface area contributed by atoms with Crippen LogP contribution in [0.3, 0.4) is 0 Å². The molecule has 2 rings (SSSR count). The van der Waals surface area contributed by atoms with Crippen LogP contribution >= 0.6 is 0 Å². The Labute approximate surface area is 97.9 Å². The number of pyridine rings is 1. The van der Waals surface area contributed by atoms with Gasteiger partial charge in [0.15, 0.2) is 6.29 Å². The van der Waals surface area contributed by atoms with Crippen molar-refractivity contribution in [2.24, 2.45) is 0 Å². The Morgan fingerprint density at radius 2 is 2.12 bits per heavy atom. The van der Waals surface area contributed by atoms with Crippen LogP contribution in [0.2, 0.25) is 0 Å². The topological polar surface area (TPSA) is 39.2 Å². The molecule has 3 nitrogen and oxygen atoms in total. The first-order chi connectivity index (χ1) is 8.24. The monoisotopic (exact) mass is 231 g/mol.